The van der Waals surface area contributed by atoms with Crippen molar-refractivity contribution in [2.45, 2.75) is 6.92 Å². The highest BCUT2D eigenvalue weighted by Gasteiger charge is 2.23. The van der Waals surface area contributed by atoms with Crippen molar-refractivity contribution >= 4 is 23.3 Å². The van der Waals surface area contributed by atoms with Crippen LogP contribution in [0.15, 0.2) is 34.3 Å². The lowest BCUT2D eigenvalue weighted by Gasteiger charge is -2.01. The Labute approximate surface area is 76.3 Å². The van der Waals surface area contributed by atoms with Crippen molar-refractivity contribution in [1.29, 1.82) is 0 Å². The predicted molar refractivity (Wildman–Crippen MR) is 54.7 cm³/mol. The van der Waals surface area contributed by atoms with Crippen LogP contribution in [0.25, 0.3) is 5.57 Å². The molecule has 2 heteroatoms. The molecule has 0 saturated heterocycles. The lowest BCUT2D eigenvalue weighted by molar-refractivity contribution is 1.42. The molecule has 2 heterocycles. The molecule has 0 aromatic heterocycles. The second kappa shape index (κ2) is 2.16. The van der Waals surface area contributed by atoms with Crippen LogP contribution in [0.4, 0.5) is 5.69 Å². The third kappa shape index (κ3) is 0.773. The smallest absolute Gasteiger partial charge is 0.160 e. The van der Waals surface area contributed by atoms with Gasteiger partial charge in [-0.05, 0) is 24.6 Å². The third-order valence-electron chi connectivity index (χ3n) is 2.43. The summed E-state index contributed by atoms with van der Waals surface area (Å²) in [5, 5.41) is 0. The molecule has 0 bridgehead atoms. The molecule has 0 radical (unpaired) electrons. The highest BCUT2D eigenvalue weighted by atomic mass is 15.0. The van der Waals surface area contributed by atoms with Crippen LogP contribution in [0.1, 0.15) is 11.1 Å². The third-order valence-corrected chi connectivity index (χ3v) is 2.43. The molecule has 0 amide bonds. The van der Waals surface area contributed by atoms with Crippen LogP contribution >= 0.6 is 0 Å². The van der Waals surface area contributed by atoms with Gasteiger partial charge in [0.2, 0.25) is 0 Å². The number of allylic oxidation sites excluding steroid dienone is 1. The Bertz CT molecular complexity index is 479. The fraction of sp³-hybridized carbons (Fsp3) is 0.0909. The highest BCUT2D eigenvalue weighted by molar-refractivity contribution is 6.35. The highest BCUT2D eigenvalue weighted by Crippen LogP contribution is 2.38. The van der Waals surface area contributed by atoms with Crippen molar-refractivity contribution in [3.05, 3.63) is 35.4 Å². The van der Waals surface area contributed by atoms with Gasteiger partial charge in [0.05, 0.1) is 5.69 Å². The molecule has 2 nitrogen and oxygen atoms in total. The summed E-state index contributed by atoms with van der Waals surface area (Å²) in [5.41, 5.74) is 4.74. The number of amidine groups is 1. The molecule has 2 aliphatic rings. The number of aliphatic imine (C=N–C) groups is 2. The number of hydrogen-bond donors (Lipinski definition) is 0. The van der Waals surface area contributed by atoms with E-state index in [-0.39, 0.29) is 0 Å². The van der Waals surface area contributed by atoms with E-state index in [1.54, 1.807) is 0 Å². The summed E-state index contributed by atoms with van der Waals surface area (Å²) in [6.07, 6.45) is 3.83. The summed E-state index contributed by atoms with van der Waals surface area (Å²) in [7, 11) is 0. The zero-order valence-corrected chi connectivity index (χ0v) is 7.28. The quantitative estimate of drug-likeness (QED) is 0.568. The van der Waals surface area contributed by atoms with Gasteiger partial charge < -0.3 is 0 Å². The Kier molecular flexibility index (Phi) is 1.13. The Morgan fingerprint density at radius 1 is 1.23 bits per heavy atom. The van der Waals surface area contributed by atoms with Gasteiger partial charge in [0, 0.05) is 17.4 Å². The first-order valence-electron chi connectivity index (χ1n) is 4.30. The average Bonchev–Trinajstić information content (AvgIpc) is 2.62. The van der Waals surface area contributed by atoms with Crippen LogP contribution in [0.5, 0.6) is 0 Å². The molecule has 0 N–H and O–H groups in total. The van der Waals surface area contributed by atoms with E-state index in [2.05, 4.69) is 23.0 Å². The van der Waals surface area contributed by atoms with Crippen molar-refractivity contribution < 1.29 is 0 Å². The Morgan fingerprint density at radius 2 is 2.15 bits per heavy atom. The standard InChI is InChI=1S/C11H8N2/c1-7-3-2-4-9-10(7)8-5-6-12-11(8)13-9/h2-6H,1H3. The minimum Gasteiger partial charge on any atom is -0.237 e. The van der Waals surface area contributed by atoms with Gasteiger partial charge in [-0.25, -0.2) is 9.98 Å². The normalized spacial score (nSPS) is 16.7. The first-order valence-corrected chi connectivity index (χ1v) is 4.30. The molecule has 0 saturated carbocycles. The molecule has 3 rings (SSSR count). The molecule has 0 unspecified atom stereocenters. The van der Waals surface area contributed by atoms with E-state index in [4.69, 9.17) is 0 Å². The van der Waals surface area contributed by atoms with E-state index in [0.717, 1.165) is 11.5 Å². The molecule has 62 valence electrons. The van der Waals surface area contributed by atoms with Gasteiger partial charge >= 0.3 is 0 Å². The van der Waals surface area contributed by atoms with Gasteiger partial charge in [-0.2, -0.15) is 0 Å². The maximum Gasteiger partial charge on any atom is 0.160 e. The monoisotopic (exact) mass is 168 g/mol. The van der Waals surface area contributed by atoms with Gasteiger partial charge in [-0.1, -0.05) is 12.1 Å². The minimum atomic E-state index is 0.865. The summed E-state index contributed by atoms with van der Waals surface area (Å²) in [4.78, 5) is 8.61. The van der Waals surface area contributed by atoms with E-state index in [1.165, 1.54) is 16.7 Å². The van der Waals surface area contributed by atoms with Gasteiger partial charge in [-0.3, -0.25) is 0 Å². The van der Waals surface area contributed by atoms with Crippen molar-refractivity contribution in [3.8, 4) is 0 Å². The van der Waals surface area contributed by atoms with Crippen LogP contribution in [-0.4, -0.2) is 12.1 Å². The zero-order valence-electron chi connectivity index (χ0n) is 7.28. The second-order valence-electron chi connectivity index (χ2n) is 3.26. The molecule has 0 aliphatic carbocycles. The fourth-order valence-corrected chi connectivity index (χ4v) is 1.82. The molecule has 0 fully saturated rings. The maximum atomic E-state index is 4.42. The number of hydrogen-bond acceptors (Lipinski definition) is 2. The van der Waals surface area contributed by atoms with E-state index >= 15 is 0 Å². The Balaban J connectivity index is 2.34. The topological polar surface area (TPSA) is 24.7 Å². The van der Waals surface area contributed by atoms with Gasteiger partial charge in [-0.15, -0.1) is 0 Å². The van der Waals surface area contributed by atoms with Crippen LogP contribution < -0.4 is 0 Å². The number of fused-ring (bicyclic) bond motifs is 3. The maximum absolute atomic E-state index is 4.42. The molecule has 1 aromatic rings. The lowest BCUT2D eigenvalue weighted by atomic mass is 10.0. The summed E-state index contributed by atoms with van der Waals surface area (Å²) >= 11 is 0. The molecule has 1 aromatic carbocycles. The number of nitrogens with zero attached hydrogens (tertiary/aromatic N) is 2. The molecular formula is C11H8N2. The molecule has 2 aliphatic heterocycles. The summed E-state index contributed by atoms with van der Waals surface area (Å²) in [6, 6.07) is 6.17. The van der Waals surface area contributed by atoms with E-state index in [9.17, 15) is 0 Å². The molecule has 13 heavy (non-hydrogen) atoms. The average molecular weight is 168 g/mol. The van der Waals surface area contributed by atoms with Crippen molar-refractivity contribution in [2.24, 2.45) is 9.98 Å². The summed E-state index contributed by atoms with van der Waals surface area (Å²) in [5.74, 6) is 0.865. The van der Waals surface area contributed by atoms with Crippen LogP contribution in [0.3, 0.4) is 0 Å². The number of aryl methyl sites for hydroxylation is 1. The zero-order chi connectivity index (χ0) is 8.84. The van der Waals surface area contributed by atoms with Gasteiger partial charge in [0.25, 0.3) is 0 Å². The van der Waals surface area contributed by atoms with Crippen LogP contribution in [0.2, 0.25) is 0 Å². The van der Waals surface area contributed by atoms with Crippen molar-refractivity contribution in [3.63, 3.8) is 0 Å². The summed E-state index contributed by atoms with van der Waals surface area (Å²) in [6.45, 7) is 2.11. The van der Waals surface area contributed by atoms with Crippen LogP contribution in [0, 0.1) is 6.92 Å². The first kappa shape index (κ1) is 6.78. The molecular weight excluding hydrogens is 160 g/mol. The van der Waals surface area contributed by atoms with E-state index in [1.807, 2.05) is 24.4 Å². The SMILES string of the molecule is Cc1cccc2c1C1=CC=NC1=N2. The summed E-state index contributed by atoms with van der Waals surface area (Å²) < 4.78 is 0. The van der Waals surface area contributed by atoms with Gasteiger partial charge in [0.1, 0.15) is 0 Å². The van der Waals surface area contributed by atoms with Crippen molar-refractivity contribution in [1.82, 2.24) is 0 Å². The number of rotatable bonds is 0. The lowest BCUT2D eigenvalue weighted by Crippen LogP contribution is -1.88. The second-order valence-corrected chi connectivity index (χ2v) is 3.26. The minimum absolute atomic E-state index is 0.865. The van der Waals surface area contributed by atoms with E-state index < -0.39 is 0 Å². The largest absolute Gasteiger partial charge is 0.237 e. The Morgan fingerprint density at radius 3 is 3.08 bits per heavy atom. The molecule has 0 spiro atoms. The number of benzene rings is 1. The van der Waals surface area contributed by atoms with E-state index in [0.29, 0.717) is 0 Å². The first-order chi connectivity index (χ1) is 6.36. The molecule has 0 atom stereocenters. The predicted octanol–water partition coefficient (Wildman–Crippen LogP) is 2.51. The Hall–Kier alpha value is -1.70. The van der Waals surface area contributed by atoms with Gasteiger partial charge in [0.15, 0.2) is 5.84 Å². The van der Waals surface area contributed by atoms with Crippen molar-refractivity contribution in [2.75, 3.05) is 0 Å². The van der Waals surface area contributed by atoms with Crippen LogP contribution in [-0.2, 0) is 0 Å². The fourth-order valence-electron chi connectivity index (χ4n) is 1.82.